The molecule has 2 aromatic carbocycles. The molecule has 0 radical (unpaired) electrons. The van der Waals surface area contributed by atoms with E-state index in [2.05, 4.69) is 10.6 Å². The lowest BCUT2D eigenvalue weighted by Crippen LogP contribution is -2.47. The van der Waals surface area contributed by atoms with Gasteiger partial charge in [0.05, 0.1) is 6.61 Å². The molecule has 0 fully saturated rings. The molecular weight excluding hydrogens is 418 g/mol. The van der Waals surface area contributed by atoms with Crippen LogP contribution in [-0.2, 0) is 14.8 Å². The van der Waals surface area contributed by atoms with Crippen LogP contribution >= 0.6 is 0 Å². The molecule has 2 N–H and O–H groups in total. The third-order valence-electron chi connectivity index (χ3n) is 4.54. The van der Waals surface area contributed by atoms with Gasteiger partial charge in [0.2, 0.25) is 15.9 Å². The second-order valence-corrected chi connectivity index (χ2v) is 9.55. The van der Waals surface area contributed by atoms with Crippen molar-refractivity contribution in [3.8, 4) is 5.75 Å². The summed E-state index contributed by atoms with van der Waals surface area (Å²) in [5.74, 6) is -0.805. The first-order valence-electron chi connectivity index (χ1n) is 9.94. The van der Waals surface area contributed by atoms with Gasteiger partial charge in [0, 0.05) is 25.3 Å². The van der Waals surface area contributed by atoms with Crippen LogP contribution in [0.25, 0.3) is 0 Å². The van der Waals surface area contributed by atoms with Crippen LogP contribution in [0.1, 0.15) is 31.1 Å². The van der Waals surface area contributed by atoms with Crippen molar-refractivity contribution in [2.75, 3.05) is 26.0 Å². The summed E-state index contributed by atoms with van der Waals surface area (Å²) in [6, 6.07) is 12.2. The summed E-state index contributed by atoms with van der Waals surface area (Å²) in [7, 11) is -0.951. The molecule has 0 aliphatic rings. The fourth-order valence-electron chi connectivity index (χ4n) is 2.83. The van der Waals surface area contributed by atoms with Gasteiger partial charge in [0.15, 0.2) is 0 Å². The van der Waals surface area contributed by atoms with Gasteiger partial charge in [-0.2, -0.15) is 0 Å². The number of hydrogen-bond acceptors (Lipinski definition) is 5. The fourth-order valence-corrected chi connectivity index (χ4v) is 3.88. The second kappa shape index (κ2) is 10.4. The lowest BCUT2D eigenvalue weighted by atomic mass is 10.0. The van der Waals surface area contributed by atoms with Crippen LogP contribution in [-0.4, -0.2) is 51.3 Å². The predicted molar refractivity (Wildman–Crippen MR) is 120 cm³/mol. The number of ether oxygens (including phenoxy) is 1. The molecule has 2 aromatic rings. The predicted octanol–water partition coefficient (Wildman–Crippen LogP) is 2.73. The zero-order valence-electron chi connectivity index (χ0n) is 18.4. The molecule has 0 spiro atoms. The fraction of sp³-hybridized carbons (Fsp3) is 0.364. The molecule has 0 aromatic heterocycles. The number of amides is 2. The molecule has 0 unspecified atom stereocenters. The van der Waals surface area contributed by atoms with Crippen molar-refractivity contribution in [1.82, 2.24) is 9.62 Å². The van der Waals surface area contributed by atoms with Gasteiger partial charge in [0.25, 0.3) is 5.91 Å². The zero-order chi connectivity index (χ0) is 23.2. The van der Waals surface area contributed by atoms with E-state index in [9.17, 15) is 18.0 Å². The topological polar surface area (TPSA) is 105 Å². The first-order chi connectivity index (χ1) is 14.6. The summed E-state index contributed by atoms with van der Waals surface area (Å²) in [6.07, 6.45) is 0. The van der Waals surface area contributed by atoms with Crippen molar-refractivity contribution in [3.63, 3.8) is 0 Å². The van der Waals surface area contributed by atoms with E-state index in [1.807, 2.05) is 13.8 Å². The van der Waals surface area contributed by atoms with Gasteiger partial charge in [-0.15, -0.1) is 0 Å². The van der Waals surface area contributed by atoms with Crippen LogP contribution in [0, 0.1) is 5.92 Å². The van der Waals surface area contributed by atoms with Crippen LogP contribution in [0.15, 0.2) is 53.4 Å². The molecule has 0 saturated heterocycles. The maximum absolute atomic E-state index is 12.9. The highest BCUT2D eigenvalue weighted by atomic mass is 32.2. The molecule has 0 bridgehead atoms. The minimum atomic E-state index is -3.79. The van der Waals surface area contributed by atoms with Crippen molar-refractivity contribution in [2.45, 2.75) is 31.7 Å². The highest BCUT2D eigenvalue weighted by Gasteiger charge is 2.27. The highest BCUT2D eigenvalue weighted by Crippen LogP contribution is 2.29. The van der Waals surface area contributed by atoms with Crippen molar-refractivity contribution < 1.29 is 22.7 Å². The highest BCUT2D eigenvalue weighted by molar-refractivity contribution is 7.89. The maximum Gasteiger partial charge on any atom is 0.251 e. The molecule has 8 nitrogen and oxygen atoms in total. The monoisotopic (exact) mass is 447 g/mol. The Morgan fingerprint density at radius 2 is 1.71 bits per heavy atom. The van der Waals surface area contributed by atoms with E-state index >= 15 is 0 Å². The number of benzene rings is 2. The van der Waals surface area contributed by atoms with E-state index < -0.39 is 22.0 Å². The van der Waals surface area contributed by atoms with Gasteiger partial charge < -0.3 is 15.4 Å². The molecule has 0 saturated carbocycles. The van der Waals surface area contributed by atoms with E-state index in [4.69, 9.17) is 4.74 Å². The van der Waals surface area contributed by atoms with E-state index in [-0.39, 0.29) is 28.2 Å². The van der Waals surface area contributed by atoms with Gasteiger partial charge in [0.1, 0.15) is 16.7 Å². The normalized spacial score (nSPS) is 12.5. The van der Waals surface area contributed by atoms with Crippen LogP contribution in [0.3, 0.4) is 0 Å². The number of nitrogens with zero attached hydrogens (tertiary/aromatic N) is 1. The SMILES string of the molecule is CCOc1ccc(NC(=O)[C@@H](NC(=O)c2ccccc2)C(C)C)cc1S(=O)(=O)N(C)C. The Kier molecular flexibility index (Phi) is 8.18. The molecule has 2 amide bonds. The Morgan fingerprint density at radius 1 is 1.06 bits per heavy atom. The number of rotatable bonds is 9. The summed E-state index contributed by atoms with van der Waals surface area (Å²) in [6.45, 7) is 5.68. The zero-order valence-corrected chi connectivity index (χ0v) is 19.2. The van der Waals surface area contributed by atoms with Gasteiger partial charge in [-0.1, -0.05) is 32.0 Å². The van der Waals surface area contributed by atoms with Crippen molar-refractivity contribution in [2.24, 2.45) is 5.92 Å². The standard InChI is InChI=1S/C22H29N3O5S/c1-6-30-18-13-12-17(14-19(18)31(28,29)25(4)5)23-22(27)20(15(2)3)24-21(26)16-10-8-7-9-11-16/h7-15,20H,6H2,1-5H3,(H,23,27)(H,24,26)/t20-/m0/s1. The van der Waals surface area contributed by atoms with E-state index in [0.29, 0.717) is 12.2 Å². The summed E-state index contributed by atoms with van der Waals surface area (Å²) >= 11 is 0. The number of hydrogen-bond donors (Lipinski definition) is 2. The molecule has 168 valence electrons. The van der Waals surface area contributed by atoms with Gasteiger partial charge in [-0.3, -0.25) is 9.59 Å². The average Bonchev–Trinajstić information content (AvgIpc) is 2.73. The van der Waals surface area contributed by atoms with E-state index in [1.54, 1.807) is 43.3 Å². The quantitative estimate of drug-likeness (QED) is 0.615. The van der Waals surface area contributed by atoms with Crippen molar-refractivity contribution in [1.29, 1.82) is 0 Å². The number of nitrogens with one attached hydrogen (secondary N) is 2. The first-order valence-corrected chi connectivity index (χ1v) is 11.4. The molecule has 0 heterocycles. The number of carbonyl (C=O) groups excluding carboxylic acids is 2. The molecule has 0 aliphatic carbocycles. The van der Waals surface area contributed by atoms with Crippen LogP contribution in [0.2, 0.25) is 0 Å². The van der Waals surface area contributed by atoms with Crippen LogP contribution < -0.4 is 15.4 Å². The molecule has 31 heavy (non-hydrogen) atoms. The minimum absolute atomic E-state index is 0.0495. The Morgan fingerprint density at radius 3 is 2.26 bits per heavy atom. The third-order valence-corrected chi connectivity index (χ3v) is 6.38. The number of carbonyl (C=O) groups is 2. The van der Waals surface area contributed by atoms with E-state index in [1.165, 1.54) is 26.2 Å². The molecular formula is C22H29N3O5S. The van der Waals surface area contributed by atoms with E-state index in [0.717, 1.165) is 4.31 Å². The van der Waals surface area contributed by atoms with Crippen LogP contribution in [0.4, 0.5) is 5.69 Å². The maximum atomic E-state index is 12.9. The van der Waals surface area contributed by atoms with Crippen molar-refractivity contribution in [3.05, 3.63) is 54.1 Å². The van der Waals surface area contributed by atoms with Gasteiger partial charge in [-0.25, -0.2) is 12.7 Å². The van der Waals surface area contributed by atoms with Gasteiger partial charge >= 0.3 is 0 Å². The number of sulfonamides is 1. The average molecular weight is 448 g/mol. The van der Waals surface area contributed by atoms with Gasteiger partial charge in [-0.05, 0) is 43.2 Å². The lowest BCUT2D eigenvalue weighted by Gasteiger charge is -2.22. The van der Waals surface area contributed by atoms with Crippen LogP contribution in [0.5, 0.6) is 5.75 Å². The smallest absolute Gasteiger partial charge is 0.251 e. The molecule has 2 rings (SSSR count). The number of anilines is 1. The molecule has 1 atom stereocenters. The first kappa shape index (κ1) is 24.4. The van der Waals surface area contributed by atoms with Crippen molar-refractivity contribution >= 4 is 27.5 Å². The Bertz CT molecular complexity index is 1020. The second-order valence-electron chi connectivity index (χ2n) is 7.43. The Balaban J connectivity index is 2.28. The third kappa shape index (κ3) is 6.05. The largest absolute Gasteiger partial charge is 0.492 e. The summed E-state index contributed by atoms with van der Waals surface area (Å²) in [5.41, 5.74) is 0.731. The summed E-state index contributed by atoms with van der Waals surface area (Å²) in [4.78, 5) is 25.4. The molecule has 0 aliphatic heterocycles. The Hall–Kier alpha value is -2.91. The lowest BCUT2D eigenvalue weighted by molar-refractivity contribution is -0.118. The minimum Gasteiger partial charge on any atom is -0.492 e. The molecule has 9 heteroatoms. The summed E-state index contributed by atoms with van der Waals surface area (Å²) < 4.78 is 31.9. The Labute approximate surface area is 183 Å². The summed E-state index contributed by atoms with van der Waals surface area (Å²) in [5, 5.41) is 5.45.